The van der Waals surface area contributed by atoms with Crippen LogP contribution < -0.4 is 9.47 Å². The summed E-state index contributed by atoms with van der Waals surface area (Å²) >= 11 is 0. The van der Waals surface area contributed by atoms with E-state index in [0.717, 1.165) is 31.4 Å². The van der Waals surface area contributed by atoms with Crippen molar-refractivity contribution in [3.63, 3.8) is 0 Å². The number of rotatable bonds is 13. The molecule has 0 unspecified atom stereocenters. The van der Waals surface area contributed by atoms with Crippen molar-refractivity contribution in [3.05, 3.63) is 81.9 Å². The summed E-state index contributed by atoms with van der Waals surface area (Å²) in [6, 6.07) is 5.60. The number of carboxylic acids is 1. The van der Waals surface area contributed by atoms with Crippen molar-refractivity contribution in [2.24, 2.45) is 0 Å². The van der Waals surface area contributed by atoms with E-state index in [4.69, 9.17) is 14.6 Å². The monoisotopic (exact) mass is 749 g/mol. The van der Waals surface area contributed by atoms with Gasteiger partial charge in [0.2, 0.25) is 0 Å². The van der Waals surface area contributed by atoms with Gasteiger partial charge in [-0.25, -0.2) is 0 Å². The second kappa shape index (κ2) is 16.4. The Hall–Kier alpha value is -3.98. The lowest BCUT2D eigenvalue weighted by molar-refractivity contribution is -0.143. The molecule has 6 nitrogen and oxygen atoms in total. The Balaban J connectivity index is 1.84. The summed E-state index contributed by atoms with van der Waals surface area (Å²) in [7, 11) is 1.37. The predicted molar refractivity (Wildman–Crippen MR) is 174 cm³/mol. The Labute approximate surface area is 295 Å². The number of hydrogen-bond acceptors (Lipinski definition) is 5. The van der Waals surface area contributed by atoms with Crippen LogP contribution >= 0.6 is 0 Å². The highest BCUT2D eigenvalue weighted by Gasteiger charge is 2.39. The molecule has 1 fully saturated rings. The van der Waals surface area contributed by atoms with Gasteiger partial charge in [-0.15, -0.1) is 0 Å². The molecule has 0 aromatic heterocycles. The van der Waals surface area contributed by atoms with Crippen LogP contribution in [0.3, 0.4) is 0 Å². The molecule has 1 aliphatic rings. The molecule has 0 amide bonds. The number of aryl methyl sites for hydroxylation is 1. The normalized spacial score (nSPS) is 15.8. The molecule has 2 atom stereocenters. The summed E-state index contributed by atoms with van der Waals surface area (Å²) in [4.78, 5) is 12.6. The number of hydrogen-bond donors (Lipinski definition) is 2. The highest BCUT2D eigenvalue weighted by atomic mass is 19.4. The fourth-order valence-corrected chi connectivity index (χ4v) is 6.59. The number of nitrogens with zero attached hydrogens (tertiary/aromatic N) is 1. The molecule has 0 radical (unpaired) electrons. The van der Waals surface area contributed by atoms with E-state index >= 15 is 0 Å². The zero-order valence-corrected chi connectivity index (χ0v) is 28.7. The number of ether oxygens (including phenoxy) is 2. The lowest BCUT2D eigenvalue weighted by atomic mass is 9.89. The van der Waals surface area contributed by atoms with Gasteiger partial charge in [0.25, 0.3) is 0 Å². The molecule has 15 heteroatoms. The Kier molecular flexibility index (Phi) is 12.8. The highest BCUT2D eigenvalue weighted by Crippen LogP contribution is 2.43. The average Bonchev–Trinajstić information content (AvgIpc) is 3.07. The number of carbonyl (C=O) groups is 1. The van der Waals surface area contributed by atoms with Crippen LogP contribution in [0.5, 0.6) is 11.5 Å². The summed E-state index contributed by atoms with van der Waals surface area (Å²) in [6.07, 6.45) is -13.6. The minimum absolute atomic E-state index is 0.0339. The van der Waals surface area contributed by atoms with E-state index in [0.29, 0.717) is 41.9 Å². The highest BCUT2D eigenvalue weighted by molar-refractivity contribution is 5.76. The lowest BCUT2D eigenvalue weighted by Crippen LogP contribution is -2.45. The van der Waals surface area contributed by atoms with Gasteiger partial charge >= 0.3 is 24.5 Å². The van der Waals surface area contributed by atoms with Crippen LogP contribution in [0, 0.1) is 6.92 Å². The minimum Gasteiger partial charge on any atom is -0.496 e. The summed E-state index contributed by atoms with van der Waals surface area (Å²) < 4.78 is 136. The maximum absolute atomic E-state index is 14.1. The van der Waals surface area contributed by atoms with Crippen molar-refractivity contribution in [1.82, 2.24) is 4.90 Å². The zero-order chi connectivity index (χ0) is 38.6. The largest absolute Gasteiger partial charge is 0.496 e. The van der Waals surface area contributed by atoms with Gasteiger partial charge in [0.05, 0.1) is 36.5 Å². The first kappa shape index (κ1) is 40.8. The number of aliphatic carboxylic acids is 1. The third kappa shape index (κ3) is 10.1. The molecule has 0 saturated heterocycles. The van der Waals surface area contributed by atoms with Gasteiger partial charge in [0.15, 0.2) is 0 Å². The summed E-state index contributed by atoms with van der Waals surface area (Å²) in [5.74, 6) is -0.414. The Bertz CT molecular complexity index is 1670. The first-order valence-electron chi connectivity index (χ1n) is 16.7. The van der Waals surface area contributed by atoms with Gasteiger partial charge in [-0.3, -0.25) is 9.69 Å². The number of halogens is 9. The van der Waals surface area contributed by atoms with Crippen molar-refractivity contribution in [2.45, 2.75) is 102 Å². The van der Waals surface area contributed by atoms with E-state index in [1.165, 1.54) is 20.1 Å². The van der Waals surface area contributed by atoms with Crippen LogP contribution in [0.4, 0.5) is 39.5 Å². The second-order valence-corrected chi connectivity index (χ2v) is 13.0. The maximum atomic E-state index is 14.1. The van der Waals surface area contributed by atoms with Crippen molar-refractivity contribution >= 4 is 5.97 Å². The molecule has 0 aliphatic heterocycles. The second-order valence-electron chi connectivity index (χ2n) is 13.0. The van der Waals surface area contributed by atoms with Gasteiger partial charge in [0.1, 0.15) is 11.5 Å². The van der Waals surface area contributed by atoms with Crippen molar-refractivity contribution < 1.29 is 64.0 Å². The number of aliphatic hydroxyl groups excluding tert-OH is 1. The average molecular weight is 750 g/mol. The van der Waals surface area contributed by atoms with Crippen LogP contribution in [0.15, 0.2) is 48.5 Å². The molecular weight excluding hydrogens is 709 g/mol. The first-order chi connectivity index (χ1) is 24.2. The molecule has 3 aromatic carbocycles. The summed E-state index contributed by atoms with van der Waals surface area (Å²) in [5.41, 5.74) is -3.50. The van der Waals surface area contributed by atoms with Crippen LogP contribution in [0.2, 0.25) is 0 Å². The molecule has 2 N–H and O–H groups in total. The van der Waals surface area contributed by atoms with Crippen molar-refractivity contribution in [3.8, 4) is 22.6 Å². The van der Waals surface area contributed by atoms with Crippen LogP contribution in [-0.2, 0) is 29.9 Å². The van der Waals surface area contributed by atoms with Gasteiger partial charge in [0, 0.05) is 30.6 Å². The number of benzene rings is 3. The molecule has 0 bridgehead atoms. The SMILES string of the molecule is COc1cc(C)c(OCCCC(=O)O)cc1-c1ccc(C(F)(F)F)cc1CN(C1CCCCC1)[C@@H](C)[C@H](O)c1cc(C(F)(F)F)cc(C(F)(F)F)c1. The van der Waals surface area contributed by atoms with E-state index in [1.54, 1.807) is 24.0 Å². The molecule has 0 spiro atoms. The summed E-state index contributed by atoms with van der Waals surface area (Å²) in [6.45, 7) is 2.91. The van der Waals surface area contributed by atoms with Crippen LogP contribution in [-0.4, -0.2) is 46.9 Å². The van der Waals surface area contributed by atoms with Gasteiger partial charge in [-0.2, -0.15) is 39.5 Å². The van der Waals surface area contributed by atoms with Crippen molar-refractivity contribution in [2.75, 3.05) is 13.7 Å². The van der Waals surface area contributed by atoms with E-state index < -0.39 is 58.9 Å². The molecule has 52 heavy (non-hydrogen) atoms. The van der Waals surface area contributed by atoms with Crippen molar-refractivity contribution in [1.29, 1.82) is 0 Å². The van der Waals surface area contributed by atoms with E-state index in [1.807, 2.05) is 0 Å². The fourth-order valence-electron chi connectivity index (χ4n) is 6.59. The van der Waals surface area contributed by atoms with E-state index in [2.05, 4.69) is 0 Å². The molecule has 1 aliphatic carbocycles. The van der Waals surface area contributed by atoms with Crippen LogP contribution in [0.1, 0.15) is 91.4 Å². The number of alkyl halides is 9. The van der Waals surface area contributed by atoms with Gasteiger partial charge in [-0.1, -0.05) is 25.3 Å². The van der Waals surface area contributed by atoms with Gasteiger partial charge in [-0.05, 0) is 97.8 Å². The minimum atomic E-state index is -5.15. The molecule has 4 rings (SSSR count). The third-order valence-corrected chi connectivity index (χ3v) is 9.34. The number of methoxy groups -OCH3 is 1. The Morgan fingerprint density at radius 3 is 1.96 bits per heavy atom. The summed E-state index contributed by atoms with van der Waals surface area (Å²) in [5, 5.41) is 20.4. The quantitative estimate of drug-likeness (QED) is 0.134. The lowest BCUT2D eigenvalue weighted by Gasteiger charge is -2.41. The molecule has 1 saturated carbocycles. The number of aliphatic hydroxyl groups is 1. The zero-order valence-electron chi connectivity index (χ0n) is 28.7. The maximum Gasteiger partial charge on any atom is 0.416 e. The smallest absolute Gasteiger partial charge is 0.416 e. The van der Waals surface area contributed by atoms with E-state index in [-0.39, 0.29) is 55.0 Å². The Morgan fingerprint density at radius 2 is 1.42 bits per heavy atom. The van der Waals surface area contributed by atoms with Gasteiger partial charge < -0.3 is 19.7 Å². The number of carboxylic acid groups (broad SMARTS) is 1. The first-order valence-corrected chi connectivity index (χ1v) is 16.7. The molecule has 3 aromatic rings. The van der Waals surface area contributed by atoms with Crippen LogP contribution in [0.25, 0.3) is 11.1 Å². The van der Waals surface area contributed by atoms with E-state index in [9.17, 15) is 49.4 Å². The predicted octanol–water partition coefficient (Wildman–Crippen LogP) is 10.2. The molecular formula is C37H40F9NO5. The topological polar surface area (TPSA) is 79.2 Å². The standard InChI is InChI=1S/C37H40F9NO5/c1-21-14-32(51-3)30(19-31(21)52-13-7-10-33(48)49)29-12-11-25(35(38,39)40)17-24(29)20-47(28-8-5-4-6-9-28)22(2)34(50)23-15-26(36(41,42)43)18-27(16-23)37(44,45)46/h11-12,14-19,22,28,34,50H,4-10,13,20H2,1-3H3,(H,48,49)/t22-,34-/m0/s1. The Morgan fingerprint density at radius 1 is 0.827 bits per heavy atom. The fraction of sp³-hybridized carbons (Fsp3) is 0.486. The third-order valence-electron chi connectivity index (χ3n) is 9.34. The molecule has 286 valence electrons. The molecule has 0 heterocycles.